The molecule has 0 unspecified atom stereocenters. The Morgan fingerprint density at radius 1 is 0.938 bits per heavy atom. The summed E-state index contributed by atoms with van der Waals surface area (Å²) in [5.41, 5.74) is -1.25. The van der Waals surface area contributed by atoms with Crippen LogP contribution in [0, 0.1) is 0 Å². The van der Waals surface area contributed by atoms with E-state index in [1.54, 1.807) is 41.5 Å². The average molecular weight is 258 g/mol. The van der Waals surface area contributed by atoms with Gasteiger partial charge in [-0.15, -0.1) is 5.60 Å². The van der Waals surface area contributed by atoms with Crippen LogP contribution >= 0.6 is 0 Å². The number of rotatable bonds is 0. The Balaban J connectivity index is -0.000000154. The Hall–Kier alpha value is 1.52. The van der Waals surface area contributed by atoms with Gasteiger partial charge in [0.05, 0.1) is 5.60 Å². The maximum Gasteiger partial charge on any atom is 1.00 e. The van der Waals surface area contributed by atoms with E-state index in [2.05, 4.69) is 0 Å². The molecule has 94 valence electrons. The van der Waals surface area contributed by atoms with Crippen molar-refractivity contribution in [3.63, 3.8) is 0 Å². The predicted molar refractivity (Wildman–Crippen MR) is 61.8 cm³/mol. The smallest absolute Gasteiger partial charge is 0.850 e. The van der Waals surface area contributed by atoms with Gasteiger partial charge in [0.2, 0.25) is 0 Å². The van der Waals surface area contributed by atoms with Gasteiger partial charge in [-0.1, -0.05) is 20.8 Å². The van der Waals surface area contributed by atoms with Gasteiger partial charge in [-0.05, 0) is 33.6 Å². The van der Waals surface area contributed by atoms with Crippen molar-refractivity contribution < 1.29 is 66.3 Å². The standard InChI is InChI=1S/C4H8O.C4H10O.C4H9O.K/c1-2-4-5-3-1;2*1-4(2,3)5;/h1-4H2;5H,1-3H3;1-3H3;/q;;-1;+1. The first-order valence-corrected chi connectivity index (χ1v) is 5.51. The van der Waals surface area contributed by atoms with E-state index in [0.717, 1.165) is 13.2 Å². The minimum atomic E-state index is -0.750. The van der Waals surface area contributed by atoms with Crippen LogP contribution in [-0.2, 0) is 4.74 Å². The average Bonchev–Trinajstić information content (AvgIpc) is 2.28. The largest absolute Gasteiger partial charge is 1.00 e. The van der Waals surface area contributed by atoms with Gasteiger partial charge in [0.15, 0.2) is 0 Å². The molecule has 1 aliphatic rings. The van der Waals surface area contributed by atoms with Gasteiger partial charge in [0, 0.05) is 13.2 Å². The summed E-state index contributed by atoms with van der Waals surface area (Å²) in [5, 5.41) is 18.6. The van der Waals surface area contributed by atoms with Crippen LogP contribution in [0.15, 0.2) is 0 Å². The van der Waals surface area contributed by atoms with Crippen LogP contribution in [-0.4, -0.2) is 29.5 Å². The van der Waals surface area contributed by atoms with Gasteiger partial charge < -0.3 is 14.9 Å². The summed E-state index contributed by atoms with van der Waals surface area (Å²) in [6.07, 6.45) is 2.56. The first kappa shape index (κ1) is 22.7. The van der Waals surface area contributed by atoms with Crippen molar-refractivity contribution in [2.45, 2.75) is 65.6 Å². The maximum absolute atomic E-state index is 10.1. The summed E-state index contributed by atoms with van der Waals surface area (Å²) in [5.74, 6) is 0. The van der Waals surface area contributed by atoms with Crippen LogP contribution in [0.2, 0.25) is 0 Å². The second kappa shape index (κ2) is 11.6. The fourth-order valence-corrected chi connectivity index (χ4v) is 0.510. The Morgan fingerprint density at radius 3 is 1.19 bits per heavy atom. The second-order valence-corrected chi connectivity index (χ2v) is 5.60. The molecule has 0 aromatic carbocycles. The van der Waals surface area contributed by atoms with Gasteiger partial charge in [-0.25, -0.2) is 0 Å². The van der Waals surface area contributed by atoms with Gasteiger partial charge in [-0.3, -0.25) is 0 Å². The molecule has 0 atom stereocenters. The van der Waals surface area contributed by atoms with E-state index < -0.39 is 11.2 Å². The number of aliphatic hydroxyl groups is 1. The molecule has 1 rings (SSSR count). The number of hydrogen-bond donors (Lipinski definition) is 1. The van der Waals surface area contributed by atoms with Crippen LogP contribution in [0.1, 0.15) is 54.4 Å². The van der Waals surface area contributed by atoms with Crippen molar-refractivity contribution in [1.82, 2.24) is 0 Å². The number of ether oxygens (including phenoxy) is 1. The molecule has 1 aliphatic heterocycles. The van der Waals surface area contributed by atoms with E-state index >= 15 is 0 Å². The molecular weight excluding hydrogens is 231 g/mol. The normalized spacial score (nSPS) is 15.0. The van der Waals surface area contributed by atoms with Gasteiger partial charge in [0.25, 0.3) is 0 Å². The minimum absolute atomic E-state index is 0. The summed E-state index contributed by atoms with van der Waals surface area (Å²) >= 11 is 0. The molecule has 16 heavy (non-hydrogen) atoms. The van der Waals surface area contributed by atoms with Crippen molar-refractivity contribution in [1.29, 1.82) is 0 Å². The van der Waals surface area contributed by atoms with E-state index in [1.165, 1.54) is 12.8 Å². The van der Waals surface area contributed by atoms with Gasteiger partial charge in [-0.2, -0.15) is 0 Å². The summed E-state index contributed by atoms with van der Waals surface area (Å²) in [6, 6.07) is 0. The third-order valence-corrected chi connectivity index (χ3v) is 0.827. The Kier molecular flexibility index (Phi) is 16.4. The molecule has 0 aliphatic carbocycles. The molecule has 3 nitrogen and oxygen atoms in total. The fraction of sp³-hybridized carbons (Fsp3) is 1.00. The summed E-state index contributed by atoms with van der Waals surface area (Å²) in [4.78, 5) is 0. The van der Waals surface area contributed by atoms with Crippen molar-refractivity contribution in [3.05, 3.63) is 0 Å². The summed E-state index contributed by atoms with van der Waals surface area (Å²) in [7, 11) is 0. The molecule has 1 N–H and O–H groups in total. The third-order valence-electron chi connectivity index (χ3n) is 0.827. The van der Waals surface area contributed by atoms with Crippen molar-refractivity contribution in [2.24, 2.45) is 0 Å². The fourth-order valence-electron chi connectivity index (χ4n) is 0.510. The van der Waals surface area contributed by atoms with Crippen LogP contribution in [0.25, 0.3) is 0 Å². The molecule has 0 radical (unpaired) electrons. The molecule has 0 aromatic heterocycles. The molecule has 0 spiro atoms. The number of hydrogen-bond acceptors (Lipinski definition) is 3. The van der Waals surface area contributed by atoms with Crippen molar-refractivity contribution >= 4 is 0 Å². The van der Waals surface area contributed by atoms with Crippen LogP contribution in [0.5, 0.6) is 0 Å². The van der Waals surface area contributed by atoms with Crippen molar-refractivity contribution in [2.75, 3.05) is 13.2 Å². The second-order valence-electron chi connectivity index (χ2n) is 5.60. The van der Waals surface area contributed by atoms with Crippen LogP contribution in [0.4, 0.5) is 0 Å². The SMILES string of the molecule is C1CCOC1.CC(C)(C)O.CC(C)(C)[O-].[K+]. The quantitative estimate of drug-likeness (QED) is 0.551. The topological polar surface area (TPSA) is 52.5 Å². The molecule has 4 heteroatoms. The maximum atomic E-state index is 10.1. The van der Waals surface area contributed by atoms with E-state index in [-0.39, 0.29) is 51.4 Å². The summed E-state index contributed by atoms with van der Waals surface area (Å²) in [6.45, 7) is 12.1. The molecule has 0 amide bonds. The molecule has 1 fully saturated rings. The first-order valence-electron chi connectivity index (χ1n) is 5.51. The van der Waals surface area contributed by atoms with E-state index in [4.69, 9.17) is 9.84 Å². The molecule has 1 saturated heterocycles. The van der Waals surface area contributed by atoms with E-state index in [0.29, 0.717) is 0 Å². The molecule has 0 bridgehead atoms. The predicted octanol–water partition coefficient (Wildman–Crippen LogP) is -1.28. The van der Waals surface area contributed by atoms with Gasteiger partial charge in [0.1, 0.15) is 0 Å². The van der Waals surface area contributed by atoms with Crippen LogP contribution < -0.4 is 56.5 Å². The van der Waals surface area contributed by atoms with Gasteiger partial charge >= 0.3 is 51.4 Å². The molecule has 1 heterocycles. The van der Waals surface area contributed by atoms with E-state index in [1.807, 2.05) is 0 Å². The third kappa shape index (κ3) is 77.0. The Bertz CT molecular complexity index is 101. The zero-order valence-electron chi connectivity index (χ0n) is 12.1. The Morgan fingerprint density at radius 2 is 1.12 bits per heavy atom. The molecular formula is C12H27KO3. The summed E-state index contributed by atoms with van der Waals surface area (Å²) < 4.78 is 4.94. The van der Waals surface area contributed by atoms with Crippen LogP contribution in [0.3, 0.4) is 0 Å². The van der Waals surface area contributed by atoms with Crippen molar-refractivity contribution in [3.8, 4) is 0 Å². The Labute approximate surface area is 143 Å². The first-order chi connectivity index (χ1) is 6.50. The van der Waals surface area contributed by atoms with E-state index in [9.17, 15) is 5.11 Å². The molecule has 0 saturated carbocycles. The monoisotopic (exact) mass is 258 g/mol. The zero-order valence-corrected chi connectivity index (χ0v) is 15.2. The molecule has 0 aromatic rings. The minimum Gasteiger partial charge on any atom is -0.850 e. The zero-order chi connectivity index (χ0) is 12.5.